The summed E-state index contributed by atoms with van der Waals surface area (Å²) in [7, 11) is 0. The van der Waals surface area contributed by atoms with Gasteiger partial charge in [-0.15, -0.1) is 11.3 Å². The predicted molar refractivity (Wildman–Crippen MR) is 61.1 cm³/mol. The summed E-state index contributed by atoms with van der Waals surface area (Å²) >= 11 is 1.35. The normalized spacial score (nSPS) is 10.2. The average Bonchev–Trinajstić information content (AvgIpc) is 2.64. The summed E-state index contributed by atoms with van der Waals surface area (Å²) in [5.74, 6) is -0.395. The van der Waals surface area contributed by atoms with Crippen LogP contribution >= 0.6 is 11.3 Å². The highest BCUT2D eigenvalue weighted by molar-refractivity contribution is 7.14. The minimum atomic E-state index is -0.395. The van der Waals surface area contributed by atoms with Crippen LogP contribution in [0.1, 0.15) is 11.1 Å². The minimum Gasteiger partial charge on any atom is -0.390 e. The van der Waals surface area contributed by atoms with E-state index < -0.39 is 5.82 Å². The Labute approximate surface area is 90.7 Å². The number of rotatable bonds is 2. The van der Waals surface area contributed by atoms with E-state index >= 15 is 0 Å². The van der Waals surface area contributed by atoms with Crippen LogP contribution in [0.3, 0.4) is 0 Å². The largest absolute Gasteiger partial charge is 0.390 e. The molecule has 1 aromatic heterocycles. The van der Waals surface area contributed by atoms with Crippen LogP contribution in [0, 0.1) is 11.2 Å². The van der Waals surface area contributed by atoms with E-state index in [-0.39, 0.29) is 11.3 Å². The van der Waals surface area contributed by atoms with Crippen LogP contribution in [0.4, 0.5) is 9.39 Å². The topological polar surface area (TPSA) is 49.9 Å². The Morgan fingerprint density at radius 1 is 1.20 bits per heavy atom. The fraction of sp³-hybridized carbons (Fsp3) is 0. The van der Waals surface area contributed by atoms with Crippen LogP contribution in [0.5, 0.6) is 0 Å². The van der Waals surface area contributed by atoms with Crippen molar-refractivity contribution in [1.29, 1.82) is 5.41 Å². The first-order chi connectivity index (χ1) is 7.20. The van der Waals surface area contributed by atoms with Crippen molar-refractivity contribution in [3.8, 4) is 0 Å². The van der Waals surface area contributed by atoms with Crippen LogP contribution in [0.15, 0.2) is 35.7 Å². The first kappa shape index (κ1) is 9.86. The Hall–Kier alpha value is -1.68. The molecule has 2 rings (SSSR count). The van der Waals surface area contributed by atoms with E-state index in [9.17, 15) is 4.39 Å². The Kier molecular flexibility index (Phi) is 2.51. The van der Waals surface area contributed by atoms with Crippen molar-refractivity contribution in [3.05, 3.63) is 52.7 Å². The Balaban J connectivity index is 2.46. The predicted octanol–water partition coefficient (Wildman–Crippen LogP) is 2.89. The SMILES string of the molecule is N=C(c1ccccc1F)c1ccsc1N. The maximum atomic E-state index is 13.4. The molecule has 0 saturated carbocycles. The van der Waals surface area contributed by atoms with Gasteiger partial charge >= 0.3 is 0 Å². The molecule has 2 aromatic rings. The van der Waals surface area contributed by atoms with Gasteiger partial charge in [0.05, 0.1) is 10.7 Å². The number of hydrogen-bond acceptors (Lipinski definition) is 3. The van der Waals surface area contributed by atoms with Crippen molar-refractivity contribution in [2.75, 3.05) is 5.73 Å². The van der Waals surface area contributed by atoms with E-state index in [1.807, 2.05) is 0 Å². The molecule has 15 heavy (non-hydrogen) atoms. The van der Waals surface area contributed by atoms with E-state index in [4.69, 9.17) is 11.1 Å². The van der Waals surface area contributed by atoms with Crippen molar-refractivity contribution >= 4 is 22.0 Å². The second kappa shape index (κ2) is 3.82. The molecule has 0 atom stereocenters. The maximum absolute atomic E-state index is 13.4. The van der Waals surface area contributed by atoms with Crippen LogP contribution in [0.2, 0.25) is 0 Å². The van der Waals surface area contributed by atoms with Crippen molar-refractivity contribution < 1.29 is 4.39 Å². The molecule has 0 saturated heterocycles. The van der Waals surface area contributed by atoms with Crippen molar-refractivity contribution in [3.63, 3.8) is 0 Å². The third-order valence-corrected chi connectivity index (χ3v) is 2.85. The molecular formula is C11H9FN2S. The summed E-state index contributed by atoms with van der Waals surface area (Å²) in [4.78, 5) is 0. The zero-order chi connectivity index (χ0) is 10.8. The van der Waals surface area contributed by atoms with Crippen LogP contribution < -0.4 is 5.73 Å². The molecular weight excluding hydrogens is 211 g/mol. The number of nitrogen functional groups attached to an aromatic ring is 1. The van der Waals surface area contributed by atoms with Gasteiger partial charge in [0.25, 0.3) is 0 Å². The van der Waals surface area contributed by atoms with E-state index in [0.29, 0.717) is 10.6 Å². The third kappa shape index (κ3) is 1.76. The fourth-order valence-corrected chi connectivity index (χ4v) is 1.98. The lowest BCUT2D eigenvalue weighted by molar-refractivity contribution is 0.625. The molecule has 0 aliphatic heterocycles. The van der Waals surface area contributed by atoms with E-state index in [1.54, 1.807) is 29.6 Å². The summed E-state index contributed by atoms with van der Waals surface area (Å²) in [5, 5.41) is 10.2. The molecule has 0 spiro atoms. The van der Waals surface area contributed by atoms with Gasteiger partial charge in [-0.1, -0.05) is 12.1 Å². The van der Waals surface area contributed by atoms with Gasteiger partial charge < -0.3 is 5.73 Å². The molecule has 0 amide bonds. The lowest BCUT2D eigenvalue weighted by atomic mass is 10.0. The number of nitrogens with two attached hydrogens (primary N) is 1. The van der Waals surface area contributed by atoms with E-state index in [1.165, 1.54) is 17.4 Å². The van der Waals surface area contributed by atoms with Crippen molar-refractivity contribution in [2.45, 2.75) is 0 Å². The van der Waals surface area contributed by atoms with Crippen LogP contribution in [0.25, 0.3) is 0 Å². The number of nitrogens with one attached hydrogen (secondary N) is 1. The van der Waals surface area contributed by atoms with Gasteiger partial charge in [-0.3, -0.25) is 5.41 Å². The smallest absolute Gasteiger partial charge is 0.132 e. The average molecular weight is 220 g/mol. The summed E-state index contributed by atoms with van der Waals surface area (Å²) in [6.45, 7) is 0. The van der Waals surface area contributed by atoms with Crippen molar-refractivity contribution in [1.82, 2.24) is 0 Å². The second-order valence-corrected chi connectivity index (χ2v) is 4.00. The first-order valence-electron chi connectivity index (χ1n) is 4.37. The molecule has 0 aliphatic rings. The van der Waals surface area contributed by atoms with Gasteiger partial charge in [0.2, 0.25) is 0 Å². The highest BCUT2D eigenvalue weighted by Gasteiger charge is 2.12. The Morgan fingerprint density at radius 3 is 2.53 bits per heavy atom. The van der Waals surface area contributed by atoms with Gasteiger partial charge in [-0.05, 0) is 23.6 Å². The number of halogens is 1. The van der Waals surface area contributed by atoms with Gasteiger partial charge in [-0.2, -0.15) is 0 Å². The van der Waals surface area contributed by atoms with Gasteiger partial charge in [-0.25, -0.2) is 4.39 Å². The quantitative estimate of drug-likeness (QED) is 0.751. The zero-order valence-electron chi connectivity index (χ0n) is 7.83. The Bertz CT molecular complexity index is 505. The minimum absolute atomic E-state index is 0.131. The molecule has 0 aliphatic carbocycles. The summed E-state index contributed by atoms with van der Waals surface area (Å²) in [6, 6.07) is 7.95. The Morgan fingerprint density at radius 2 is 1.93 bits per heavy atom. The van der Waals surface area contributed by atoms with Crippen LogP contribution in [-0.4, -0.2) is 5.71 Å². The molecule has 3 N–H and O–H groups in total. The summed E-state index contributed by atoms with van der Waals surface area (Å²) in [6.07, 6.45) is 0. The molecule has 0 unspecified atom stereocenters. The molecule has 76 valence electrons. The third-order valence-electron chi connectivity index (χ3n) is 2.11. The second-order valence-electron chi connectivity index (χ2n) is 3.05. The highest BCUT2D eigenvalue weighted by Crippen LogP contribution is 2.23. The lowest BCUT2D eigenvalue weighted by Gasteiger charge is -2.04. The molecule has 2 nitrogen and oxygen atoms in total. The molecule has 1 aromatic carbocycles. The summed E-state index contributed by atoms with van der Waals surface area (Å²) in [5.41, 5.74) is 6.68. The molecule has 1 heterocycles. The number of benzene rings is 1. The van der Waals surface area contributed by atoms with Gasteiger partial charge in [0.15, 0.2) is 0 Å². The number of thiophene rings is 1. The molecule has 0 bridgehead atoms. The molecule has 0 fully saturated rings. The number of hydrogen-bond donors (Lipinski definition) is 2. The van der Waals surface area contributed by atoms with Crippen molar-refractivity contribution in [2.24, 2.45) is 0 Å². The maximum Gasteiger partial charge on any atom is 0.132 e. The molecule has 0 radical (unpaired) electrons. The van der Waals surface area contributed by atoms with E-state index in [0.717, 1.165) is 0 Å². The van der Waals surface area contributed by atoms with Gasteiger partial charge in [0, 0.05) is 11.1 Å². The standard InChI is InChI=1S/C11H9FN2S/c12-9-4-2-1-3-7(9)10(13)8-5-6-15-11(8)14/h1-6,13H,14H2. The fourth-order valence-electron chi connectivity index (χ4n) is 1.34. The lowest BCUT2D eigenvalue weighted by Crippen LogP contribution is -2.04. The van der Waals surface area contributed by atoms with Gasteiger partial charge in [0.1, 0.15) is 5.82 Å². The number of anilines is 1. The molecule has 4 heteroatoms. The van der Waals surface area contributed by atoms with E-state index in [2.05, 4.69) is 0 Å². The summed E-state index contributed by atoms with van der Waals surface area (Å²) < 4.78 is 13.4. The first-order valence-corrected chi connectivity index (χ1v) is 5.25. The monoisotopic (exact) mass is 220 g/mol. The zero-order valence-corrected chi connectivity index (χ0v) is 8.64. The highest BCUT2D eigenvalue weighted by atomic mass is 32.1. The van der Waals surface area contributed by atoms with Crippen LogP contribution in [-0.2, 0) is 0 Å².